The summed E-state index contributed by atoms with van der Waals surface area (Å²) in [6, 6.07) is 9.76. The fraction of sp³-hybridized carbons (Fsp3) is 0.231. The maximum atomic E-state index is 8.70. The Hall–Kier alpha value is -2.08. The zero-order chi connectivity index (χ0) is 11.5. The van der Waals surface area contributed by atoms with Crippen LogP contribution in [0.25, 0.3) is 0 Å². The summed E-state index contributed by atoms with van der Waals surface area (Å²) in [4.78, 5) is 4.26. The van der Waals surface area contributed by atoms with Gasteiger partial charge >= 0.3 is 0 Å². The first kappa shape index (κ1) is 10.4. The molecule has 0 fully saturated rings. The first-order valence-electron chi connectivity index (χ1n) is 5.18. The summed E-state index contributed by atoms with van der Waals surface area (Å²) >= 11 is 0. The van der Waals surface area contributed by atoms with Crippen molar-refractivity contribution in [1.82, 2.24) is 9.55 Å². The zero-order valence-electron chi connectivity index (χ0n) is 9.44. The van der Waals surface area contributed by atoms with Crippen LogP contribution in [0.3, 0.4) is 0 Å². The van der Waals surface area contributed by atoms with Crippen LogP contribution in [-0.2, 0) is 6.54 Å². The van der Waals surface area contributed by atoms with Gasteiger partial charge in [0, 0.05) is 12.2 Å². The van der Waals surface area contributed by atoms with Gasteiger partial charge in [-0.15, -0.1) is 0 Å². The Labute approximate surface area is 95.0 Å². The quantitative estimate of drug-likeness (QED) is 0.765. The van der Waals surface area contributed by atoms with Crippen LogP contribution in [0.4, 0.5) is 0 Å². The van der Waals surface area contributed by atoms with E-state index in [1.807, 2.05) is 37.5 Å². The predicted octanol–water partition coefficient (Wildman–Crippen LogP) is 2.42. The zero-order valence-corrected chi connectivity index (χ0v) is 9.44. The lowest BCUT2D eigenvalue weighted by Crippen LogP contribution is -2.00. The minimum Gasteiger partial charge on any atom is -0.330 e. The van der Waals surface area contributed by atoms with Crippen molar-refractivity contribution in [2.24, 2.45) is 0 Å². The molecule has 2 aromatic rings. The van der Waals surface area contributed by atoms with Crippen LogP contribution in [0.2, 0.25) is 0 Å². The minimum absolute atomic E-state index is 0.697. The normalized spacial score (nSPS) is 10.1. The van der Waals surface area contributed by atoms with Gasteiger partial charge in [0.2, 0.25) is 0 Å². The molecule has 0 saturated carbocycles. The van der Waals surface area contributed by atoms with E-state index in [0.717, 1.165) is 12.2 Å². The number of hydrogen-bond acceptors (Lipinski definition) is 2. The second kappa shape index (κ2) is 4.19. The molecule has 80 valence electrons. The van der Waals surface area contributed by atoms with E-state index in [2.05, 4.69) is 22.5 Å². The molecule has 0 aliphatic rings. The van der Waals surface area contributed by atoms with Crippen molar-refractivity contribution in [2.75, 3.05) is 0 Å². The summed E-state index contributed by atoms with van der Waals surface area (Å²) in [5, 5.41) is 8.70. The molecular formula is C13H13N3. The lowest BCUT2D eigenvalue weighted by atomic mass is 10.1. The first-order chi connectivity index (χ1) is 7.70. The molecule has 0 unspecified atom stereocenters. The van der Waals surface area contributed by atoms with Crippen molar-refractivity contribution in [3.63, 3.8) is 0 Å². The van der Waals surface area contributed by atoms with Crippen LogP contribution in [0.15, 0.2) is 30.6 Å². The fourth-order valence-electron chi connectivity index (χ4n) is 1.58. The monoisotopic (exact) mass is 211 g/mol. The summed E-state index contributed by atoms with van der Waals surface area (Å²) in [6.07, 6.45) is 1.85. The van der Waals surface area contributed by atoms with Crippen molar-refractivity contribution in [3.8, 4) is 6.07 Å². The highest BCUT2D eigenvalue weighted by Crippen LogP contribution is 2.09. The van der Waals surface area contributed by atoms with Gasteiger partial charge in [0.25, 0.3) is 0 Å². The maximum Gasteiger partial charge on any atom is 0.0991 e. The van der Waals surface area contributed by atoms with Gasteiger partial charge in [0.15, 0.2) is 0 Å². The van der Waals surface area contributed by atoms with Gasteiger partial charge in [0.05, 0.1) is 23.7 Å². The van der Waals surface area contributed by atoms with Crippen LogP contribution in [0.1, 0.15) is 22.5 Å². The highest BCUT2D eigenvalue weighted by Gasteiger charge is 2.02. The standard InChI is InChI=1S/C13H13N3/c1-10-11(2)16(9-15-10)8-13-5-3-12(7-14)4-6-13/h3-6,9H,8H2,1-2H3. The second-order valence-electron chi connectivity index (χ2n) is 3.85. The highest BCUT2D eigenvalue weighted by molar-refractivity contribution is 5.31. The highest BCUT2D eigenvalue weighted by atomic mass is 15.0. The molecular weight excluding hydrogens is 198 g/mol. The van der Waals surface area contributed by atoms with Gasteiger partial charge in [-0.1, -0.05) is 12.1 Å². The molecule has 0 aliphatic heterocycles. The molecule has 16 heavy (non-hydrogen) atoms. The smallest absolute Gasteiger partial charge is 0.0991 e. The van der Waals surface area contributed by atoms with Crippen LogP contribution in [0.5, 0.6) is 0 Å². The number of nitrogens with zero attached hydrogens (tertiary/aromatic N) is 3. The number of benzene rings is 1. The van der Waals surface area contributed by atoms with E-state index >= 15 is 0 Å². The van der Waals surface area contributed by atoms with E-state index in [-0.39, 0.29) is 0 Å². The summed E-state index contributed by atoms with van der Waals surface area (Å²) in [7, 11) is 0. The van der Waals surface area contributed by atoms with Crippen molar-refractivity contribution >= 4 is 0 Å². The van der Waals surface area contributed by atoms with Crippen LogP contribution in [-0.4, -0.2) is 9.55 Å². The van der Waals surface area contributed by atoms with E-state index in [9.17, 15) is 0 Å². The Kier molecular flexibility index (Phi) is 2.74. The lowest BCUT2D eigenvalue weighted by molar-refractivity contribution is 0.768. The third kappa shape index (κ3) is 1.96. The van der Waals surface area contributed by atoms with Crippen molar-refractivity contribution in [3.05, 3.63) is 53.1 Å². The number of imidazole rings is 1. The van der Waals surface area contributed by atoms with Crippen LogP contribution < -0.4 is 0 Å². The molecule has 0 spiro atoms. The van der Waals surface area contributed by atoms with E-state index < -0.39 is 0 Å². The number of aromatic nitrogens is 2. The van der Waals surface area contributed by atoms with Gasteiger partial charge in [-0.05, 0) is 31.5 Å². The Bertz CT molecular complexity index is 529. The molecule has 0 N–H and O–H groups in total. The first-order valence-corrected chi connectivity index (χ1v) is 5.18. The van der Waals surface area contributed by atoms with E-state index in [1.165, 1.54) is 11.3 Å². The fourth-order valence-corrected chi connectivity index (χ4v) is 1.58. The second-order valence-corrected chi connectivity index (χ2v) is 3.85. The third-order valence-corrected chi connectivity index (χ3v) is 2.78. The van der Waals surface area contributed by atoms with E-state index in [4.69, 9.17) is 5.26 Å². The molecule has 0 atom stereocenters. The van der Waals surface area contributed by atoms with Gasteiger partial charge in [0.1, 0.15) is 0 Å². The minimum atomic E-state index is 0.697. The van der Waals surface area contributed by atoms with Crippen molar-refractivity contribution in [2.45, 2.75) is 20.4 Å². The molecule has 0 bridgehead atoms. The molecule has 1 aromatic heterocycles. The largest absolute Gasteiger partial charge is 0.330 e. The summed E-state index contributed by atoms with van der Waals surface area (Å²) in [5.41, 5.74) is 4.12. The Morgan fingerprint density at radius 2 is 1.94 bits per heavy atom. The summed E-state index contributed by atoms with van der Waals surface area (Å²) in [6.45, 7) is 4.87. The molecule has 0 amide bonds. The maximum absolute atomic E-state index is 8.70. The van der Waals surface area contributed by atoms with Gasteiger partial charge in [-0.3, -0.25) is 0 Å². The Balaban J connectivity index is 2.21. The van der Waals surface area contributed by atoms with Gasteiger partial charge in [-0.25, -0.2) is 4.98 Å². The molecule has 1 aromatic carbocycles. The molecule has 3 heteroatoms. The Morgan fingerprint density at radius 3 is 2.44 bits per heavy atom. The van der Waals surface area contributed by atoms with Crippen molar-refractivity contribution < 1.29 is 0 Å². The number of nitriles is 1. The topological polar surface area (TPSA) is 41.6 Å². The number of hydrogen-bond donors (Lipinski definition) is 0. The summed E-state index contributed by atoms with van der Waals surface area (Å²) < 4.78 is 2.11. The van der Waals surface area contributed by atoms with E-state index in [0.29, 0.717) is 5.56 Å². The molecule has 0 saturated heterocycles. The van der Waals surface area contributed by atoms with Crippen LogP contribution in [0, 0.1) is 25.2 Å². The number of rotatable bonds is 2. The average molecular weight is 211 g/mol. The lowest BCUT2D eigenvalue weighted by Gasteiger charge is -2.05. The van der Waals surface area contributed by atoms with Crippen LogP contribution >= 0.6 is 0 Å². The SMILES string of the molecule is Cc1ncn(Cc2ccc(C#N)cc2)c1C. The summed E-state index contributed by atoms with van der Waals surface area (Å²) in [5.74, 6) is 0. The average Bonchev–Trinajstić information content (AvgIpc) is 2.62. The molecule has 0 aliphatic carbocycles. The van der Waals surface area contributed by atoms with Gasteiger partial charge < -0.3 is 4.57 Å². The number of aryl methyl sites for hydroxylation is 1. The Morgan fingerprint density at radius 1 is 1.25 bits per heavy atom. The molecule has 1 heterocycles. The van der Waals surface area contributed by atoms with E-state index in [1.54, 1.807) is 0 Å². The van der Waals surface area contributed by atoms with Crippen molar-refractivity contribution in [1.29, 1.82) is 5.26 Å². The third-order valence-electron chi connectivity index (χ3n) is 2.78. The van der Waals surface area contributed by atoms with Gasteiger partial charge in [-0.2, -0.15) is 5.26 Å². The molecule has 3 nitrogen and oxygen atoms in total. The molecule has 0 radical (unpaired) electrons. The molecule has 2 rings (SSSR count). The predicted molar refractivity (Wildman–Crippen MR) is 62.0 cm³/mol.